The van der Waals surface area contributed by atoms with Crippen LogP contribution in [-0.2, 0) is 17.8 Å². The summed E-state index contributed by atoms with van der Waals surface area (Å²) in [5.41, 5.74) is 1.47. The number of H-pyrrole nitrogens is 1. The Kier molecular flexibility index (Phi) is 5.18. The van der Waals surface area contributed by atoms with Gasteiger partial charge in [-0.05, 0) is 36.6 Å². The van der Waals surface area contributed by atoms with E-state index in [1.807, 2.05) is 53.1 Å². The van der Waals surface area contributed by atoms with Crippen LogP contribution in [0.4, 0.5) is 0 Å². The van der Waals surface area contributed by atoms with Crippen molar-refractivity contribution in [3.8, 4) is 22.9 Å². The molecule has 1 saturated heterocycles. The summed E-state index contributed by atoms with van der Waals surface area (Å²) < 4.78 is 20.7. The molecule has 2 aromatic carbocycles. The van der Waals surface area contributed by atoms with E-state index in [-0.39, 0.29) is 6.10 Å². The Morgan fingerprint density at radius 3 is 2.59 bits per heavy atom. The first-order chi connectivity index (χ1) is 16.7. The number of nitrogens with zero attached hydrogens (tertiary/aromatic N) is 3. The lowest BCUT2D eigenvalue weighted by Gasteiger charge is -2.19. The van der Waals surface area contributed by atoms with Gasteiger partial charge in [-0.15, -0.1) is 0 Å². The van der Waals surface area contributed by atoms with Gasteiger partial charge >= 0.3 is 5.69 Å². The van der Waals surface area contributed by atoms with Gasteiger partial charge in [0.1, 0.15) is 19.0 Å². The number of benzene rings is 2. The van der Waals surface area contributed by atoms with Gasteiger partial charge in [0.15, 0.2) is 22.7 Å². The maximum Gasteiger partial charge on any atom is 0.330 e. The molecule has 1 unspecified atom stereocenters. The number of hydrogen-bond donors (Lipinski definition) is 1. The molecular weight excluding hydrogens is 436 g/mol. The third kappa shape index (κ3) is 3.67. The fourth-order valence-corrected chi connectivity index (χ4v) is 4.66. The van der Waals surface area contributed by atoms with E-state index in [2.05, 4.69) is 4.98 Å². The van der Waals surface area contributed by atoms with Gasteiger partial charge in [-0.2, -0.15) is 0 Å². The molecule has 0 saturated carbocycles. The lowest BCUT2D eigenvalue weighted by atomic mass is 10.1. The van der Waals surface area contributed by atoms with Crippen LogP contribution in [0.3, 0.4) is 0 Å². The smallest absolute Gasteiger partial charge is 0.330 e. The number of aromatic amines is 1. The summed E-state index contributed by atoms with van der Waals surface area (Å²) in [6.45, 7) is 2.44. The number of aromatic nitrogens is 4. The molecule has 2 aromatic heterocycles. The van der Waals surface area contributed by atoms with E-state index in [9.17, 15) is 9.59 Å². The van der Waals surface area contributed by atoms with Crippen LogP contribution in [0.2, 0.25) is 0 Å². The number of rotatable bonds is 5. The molecule has 0 bridgehead atoms. The van der Waals surface area contributed by atoms with Crippen LogP contribution in [0, 0.1) is 0 Å². The van der Waals surface area contributed by atoms with E-state index >= 15 is 0 Å². The average Bonchev–Trinajstić information content (AvgIpc) is 3.51. The largest absolute Gasteiger partial charge is 0.486 e. The molecule has 0 aliphatic carbocycles. The second kappa shape index (κ2) is 8.49. The summed E-state index contributed by atoms with van der Waals surface area (Å²) in [4.78, 5) is 33.2. The molecule has 0 radical (unpaired) electrons. The predicted molar refractivity (Wildman–Crippen MR) is 126 cm³/mol. The van der Waals surface area contributed by atoms with Gasteiger partial charge in [0.25, 0.3) is 5.56 Å². The Hall–Kier alpha value is -3.85. The highest BCUT2D eigenvalue weighted by molar-refractivity contribution is 5.78. The predicted octanol–water partition coefficient (Wildman–Crippen LogP) is 2.55. The van der Waals surface area contributed by atoms with Crippen LogP contribution < -0.4 is 20.7 Å². The molecule has 174 valence electrons. The molecule has 4 heterocycles. The maximum atomic E-state index is 13.1. The topological polar surface area (TPSA) is 100 Å². The molecule has 2 aliphatic rings. The summed E-state index contributed by atoms with van der Waals surface area (Å²) in [5, 5.41) is 0. The van der Waals surface area contributed by atoms with Crippen molar-refractivity contribution in [3.05, 3.63) is 74.9 Å². The van der Waals surface area contributed by atoms with Crippen LogP contribution in [0.25, 0.3) is 22.6 Å². The van der Waals surface area contributed by atoms with Crippen LogP contribution in [0.15, 0.2) is 58.1 Å². The summed E-state index contributed by atoms with van der Waals surface area (Å²) in [6, 6.07) is 15.2. The van der Waals surface area contributed by atoms with Crippen molar-refractivity contribution in [2.45, 2.75) is 32.0 Å². The van der Waals surface area contributed by atoms with E-state index < -0.39 is 11.2 Å². The number of nitrogens with one attached hydrogen (secondary N) is 1. The maximum absolute atomic E-state index is 13.1. The highest BCUT2D eigenvalue weighted by Gasteiger charge is 2.25. The van der Waals surface area contributed by atoms with Gasteiger partial charge < -0.3 is 18.8 Å². The molecule has 2 aliphatic heterocycles. The molecule has 1 atom stereocenters. The zero-order chi connectivity index (χ0) is 23.1. The minimum atomic E-state index is -0.489. The fourth-order valence-electron chi connectivity index (χ4n) is 4.66. The molecule has 4 aromatic rings. The number of ether oxygens (including phenoxy) is 3. The first kappa shape index (κ1) is 20.7. The van der Waals surface area contributed by atoms with Gasteiger partial charge in [-0.1, -0.05) is 30.3 Å². The van der Waals surface area contributed by atoms with Gasteiger partial charge in [0.05, 0.1) is 19.2 Å². The van der Waals surface area contributed by atoms with Crippen LogP contribution in [0.1, 0.15) is 18.4 Å². The van der Waals surface area contributed by atoms with E-state index in [0.717, 1.165) is 24.0 Å². The Morgan fingerprint density at radius 2 is 1.79 bits per heavy atom. The van der Waals surface area contributed by atoms with Crippen LogP contribution in [-0.4, -0.2) is 45.0 Å². The Labute approximate surface area is 194 Å². The first-order valence-electron chi connectivity index (χ1n) is 11.5. The van der Waals surface area contributed by atoms with E-state index in [4.69, 9.17) is 19.2 Å². The zero-order valence-corrected chi connectivity index (χ0v) is 18.5. The van der Waals surface area contributed by atoms with E-state index in [0.29, 0.717) is 61.4 Å². The van der Waals surface area contributed by atoms with Crippen molar-refractivity contribution in [2.24, 2.45) is 0 Å². The van der Waals surface area contributed by atoms with Gasteiger partial charge in [-0.3, -0.25) is 14.3 Å². The first-order valence-corrected chi connectivity index (χ1v) is 11.5. The van der Waals surface area contributed by atoms with Gasteiger partial charge in [0.2, 0.25) is 0 Å². The molecule has 0 amide bonds. The summed E-state index contributed by atoms with van der Waals surface area (Å²) >= 11 is 0. The van der Waals surface area contributed by atoms with Crippen molar-refractivity contribution in [1.82, 2.24) is 19.1 Å². The van der Waals surface area contributed by atoms with Crippen LogP contribution >= 0.6 is 0 Å². The fraction of sp³-hybridized carbons (Fsp3) is 0.320. The van der Waals surface area contributed by atoms with E-state index in [1.54, 1.807) is 0 Å². The Balaban J connectivity index is 1.56. The Morgan fingerprint density at radius 1 is 0.971 bits per heavy atom. The second-order valence-electron chi connectivity index (χ2n) is 8.54. The van der Waals surface area contributed by atoms with Crippen LogP contribution in [0.5, 0.6) is 11.5 Å². The molecule has 9 nitrogen and oxygen atoms in total. The molecular formula is C25H24N4O5. The molecule has 6 rings (SSSR count). The standard InChI is InChI=1S/C25H24N4O5/c30-24-21-23(29(25(31)27-24)14-16-5-2-1-3-6-16)26-22(28(21)15-18-7-4-10-32-18)17-8-9-19-20(13-17)34-12-11-33-19/h1-3,5-6,8-9,13,18H,4,7,10-12,14-15H2,(H,27,30,31). The summed E-state index contributed by atoms with van der Waals surface area (Å²) in [5.74, 6) is 1.89. The lowest BCUT2D eigenvalue weighted by molar-refractivity contribution is 0.0982. The Bertz CT molecular complexity index is 1460. The molecule has 1 N–H and O–H groups in total. The van der Waals surface area contributed by atoms with Crippen molar-refractivity contribution in [1.29, 1.82) is 0 Å². The third-order valence-corrected chi connectivity index (χ3v) is 6.28. The normalized spacial score (nSPS) is 17.4. The number of imidazole rings is 1. The van der Waals surface area contributed by atoms with Crippen molar-refractivity contribution in [2.75, 3.05) is 19.8 Å². The average molecular weight is 460 g/mol. The minimum Gasteiger partial charge on any atom is -0.486 e. The second-order valence-corrected chi connectivity index (χ2v) is 8.54. The zero-order valence-electron chi connectivity index (χ0n) is 18.5. The van der Waals surface area contributed by atoms with E-state index in [1.165, 1.54) is 4.57 Å². The molecule has 0 spiro atoms. The highest BCUT2D eigenvalue weighted by atomic mass is 16.6. The highest BCUT2D eigenvalue weighted by Crippen LogP contribution is 2.35. The minimum absolute atomic E-state index is 0.0257. The molecule has 1 fully saturated rings. The van der Waals surface area contributed by atoms with Crippen molar-refractivity contribution >= 4 is 11.2 Å². The van der Waals surface area contributed by atoms with Crippen molar-refractivity contribution < 1.29 is 14.2 Å². The quantitative estimate of drug-likeness (QED) is 0.491. The third-order valence-electron chi connectivity index (χ3n) is 6.28. The number of hydrogen-bond acceptors (Lipinski definition) is 6. The molecule has 34 heavy (non-hydrogen) atoms. The summed E-state index contributed by atoms with van der Waals surface area (Å²) in [6.07, 6.45) is 1.86. The van der Waals surface area contributed by atoms with Gasteiger partial charge in [0, 0.05) is 12.2 Å². The van der Waals surface area contributed by atoms with Crippen molar-refractivity contribution in [3.63, 3.8) is 0 Å². The number of fused-ring (bicyclic) bond motifs is 2. The monoisotopic (exact) mass is 460 g/mol. The lowest BCUT2D eigenvalue weighted by Crippen LogP contribution is -2.32. The summed E-state index contributed by atoms with van der Waals surface area (Å²) in [7, 11) is 0. The SMILES string of the molecule is O=c1[nH]c(=O)n(Cc2ccccc2)c2nc(-c3ccc4c(c3)OCCO4)n(CC3CCCO3)c12. The van der Waals surface area contributed by atoms with Gasteiger partial charge in [-0.25, -0.2) is 9.78 Å². The molecule has 9 heteroatoms.